The predicted molar refractivity (Wildman–Crippen MR) is 65.3 cm³/mol. The summed E-state index contributed by atoms with van der Waals surface area (Å²) >= 11 is 0. The number of Topliss-reactive ketones (excluding diaryl/α,β-unsaturated/α-hetero) is 1. The van der Waals surface area contributed by atoms with E-state index in [0.717, 1.165) is 16.9 Å². The van der Waals surface area contributed by atoms with Crippen molar-refractivity contribution in [2.24, 2.45) is 0 Å². The first kappa shape index (κ1) is 11.4. The highest BCUT2D eigenvalue weighted by molar-refractivity contribution is 5.92. The summed E-state index contributed by atoms with van der Waals surface area (Å²) in [6.07, 6.45) is 1.54. The molecule has 4 heteroatoms. The quantitative estimate of drug-likeness (QED) is 0.824. The molecule has 0 unspecified atom stereocenters. The molecule has 0 aliphatic heterocycles. The lowest BCUT2D eigenvalue weighted by Crippen LogP contribution is -1.93. The minimum atomic E-state index is -0.0321. The summed E-state index contributed by atoms with van der Waals surface area (Å²) in [6.45, 7) is 3.50. The van der Waals surface area contributed by atoms with Crippen molar-refractivity contribution in [2.75, 3.05) is 7.11 Å². The van der Waals surface area contributed by atoms with Gasteiger partial charge in [0.05, 0.1) is 18.9 Å². The molecule has 1 heterocycles. The molecular formula is C13H14N2O2. The number of benzene rings is 1. The molecule has 0 spiro atoms. The fraction of sp³-hybridized carbons (Fsp3) is 0.231. The Labute approximate surface area is 99.7 Å². The van der Waals surface area contributed by atoms with Crippen LogP contribution in [0.25, 0.3) is 11.4 Å². The van der Waals surface area contributed by atoms with E-state index < -0.39 is 0 Å². The Morgan fingerprint density at radius 1 is 1.41 bits per heavy atom. The minimum absolute atomic E-state index is 0.0321. The number of ketones is 1. The van der Waals surface area contributed by atoms with Crippen molar-refractivity contribution in [3.8, 4) is 17.1 Å². The van der Waals surface area contributed by atoms with Crippen molar-refractivity contribution < 1.29 is 9.53 Å². The monoisotopic (exact) mass is 230 g/mol. The molecular weight excluding hydrogens is 216 g/mol. The summed E-state index contributed by atoms with van der Waals surface area (Å²) in [6, 6.07) is 5.83. The van der Waals surface area contributed by atoms with Gasteiger partial charge in [0.2, 0.25) is 0 Å². The highest BCUT2D eigenvalue weighted by atomic mass is 16.5. The molecule has 0 amide bonds. The number of H-pyrrole nitrogens is 1. The van der Waals surface area contributed by atoms with Gasteiger partial charge in [-0.3, -0.25) is 4.79 Å². The molecule has 1 N–H and O–H groups in total. The first-order valence-corrected chi connectivity index (χ1v) is 5.33. The topological polar surface area (TPSA) is 55.0 Å². The minimum Gasteiger partial charge on any atom is -0.496 e. The molecule has 1 aromatic carbocycles. The maximum absolute atomic E-state index is 11.2. The van der Waals surface area contributed by atoms with Crippen LogP contribution in [0.5, 0.6) is 5.75 Å². The van der Waals surface area contributed by atoms with Gasteiger partial charge in [-0.05, 0) is 19.1 Å². The summed E-state index contributed by atoms with van der Waals surface area (Å²) < 4.78 is 5.28. The molecule has 0 aliphatic carbocycles. The van der Waals surface area contributed by atoms with Crippen molar-refractivity contribution in [1.29, 1.82) is 0 Å². The Bertz CT molecular complexity index is 558. The average Bonchev–Trinajstić information content (AvgIpc) is 2.78. The Morgan fingerprint density at radius 3 is 2.76 bits per heavy atom. The van der Waals surface area contributed by atoms with Gasteiger partial charge < -0.3 is 9.72 Å². The summed E-state index contributed by atoms with van der Waals surface area (Å²) in [7, 11) is 1.61. The van der Waals surface area contributed by atoms with E-state index in [9.17, 15) is 4.79 Å². The number of methoxy groups -OCH3 is 1. The molecule has 4 nitrogen and oxygen atoms in total. The van der Waals surface area contributed by atoms with Crippen molar-refractivity contribution in [2.45, 2.75) is 13.8 Å². The van der Waals surface area contributed by atoms with Crippen molar-refractivity contribution in [3.63, 3.8) is 0 Å². The Morgan fingerprint density at radius 2 is 2.18 bits per heavy atom. The Hall–Kier alpha value is -2.10. The first-order valence-electron chi connectivity index (χ1n) is 5.33. The Balaban J connectivity index is 2.51. The van der Waals surface area contributed by atoms with E-state index in [1.54, 1.807) is 13.3 Å². The lowest BCUT2D eigenvalue weighted by Gasteiger charge is -2.06. The second-order valence-corrected chi connectivity index (χ2v) is 3.91. The third kappa shape index (κ3) is 2.20. The third-order valence-corrected chi connectivity index (χ3v) is 2.57. The van der Waals surface area contributed by atoms with Crippen LogP contribution < -0.4 is 4.74 Å². The maximum atomic E-state index is 11.2. The van der Waals surface area contributed by atoms with Crippen LogP contribution in [0.15, 0.2) is 24.4 Å². The number of aromatic nitrogens is 2. The molecule has 0 fully saturated rings. The SMILES string of the molecule is COc1ccc(C)cc1-c1ncc(C(C)=O)[nH]1. The van der Waals surface area contributed by atoms with Crippen molar-refractivity contribution in [1.82, 2.24) is 9.97 Å². The molecule has 0 aliphatic rings. The molecule has 2 rings (SSSR count). The van der Waals surface area contributed by atoms with E-state index >= 15 is 0 Å². The number of nitrogens with zero attached hydrogens (tertiary/aromatic N) is 1. The number of hydrogen-bond acceptors (Lipinski definition) is 3. The first-order chi connectivity index (χ1) is 8.11. The van der Waals surface area contributed by atoms with Crippen molar-refractivity contribution >= 4 is 5.78 Å². The molecule has 2 aromatic rings. The number of ether oxygens (including phenoxy) is 1. The van der Waals surface area contributed by atoms with Crippen LogP contribution in [0.3, 0.4) is 0 Å². The molecule has 0 bridgehead atoms. The van der Waals surface area contributed by atoms with Crippen LogP contribution in [0.2, 0.25) is 0 Å². The summed E-state index contributed by atoms with van der Waals surface area (Å²) in [5.41, 5.74) is 2.48. The van der Waals surface area contributed by atoms with Gasteiger partial charge in [-0.2, -0.15) is 0 Å². The number of nitrogens with one attached hydrogen (secondary N) is 1. The second-order valence-electron chi connectivity index (χ2n) is 3.91. The molecule has 1 aromatic heterocycles. The number of imidazole rings is 1. The van der Waals surface area contributed by atoms with Crippen LogP contribution in [0, 0.1) is 6.92 Å². The predicted octanol–water partition coefficient (Wildman–Crippen LogP) is 2.60. The van der Waals surface area contributed by atoms with Gasteiger partial charge in [-0.15, -0.1) is 0 Å². The van der Waals surface area contributed by atoms with Crippen LogP contribution in [-0.4, -0.2) is 22.9 Å². The zero-order chi connectivity index (χ0) is 12.4. The molecule has 0 atom stereocenters. The summed E-state index contributed by atoms with van der Waals surface area (Å²) in [5, 5.41) is 0. The van der Waals surface area contributed by atoms with E-state index in [-0.39, 0.29) is 5.78 Å². The van der Waals surface area contributed by atoms with E-state index in [1.165, 1.54) is 6.92 Å². The van der Waals surface area contributed by atoms with E-state index in [2.05, 4.69) is 9.97 Å². The smallest absolute Gasteiger partial charge is 0.177 e. The van der Waals surface area contributed by atoms with E-state index in [0.29, 0.717) is 11.5 Å². The fourth-order valence-corrected chi connectivity index (χ4v) is 1.64. The third-order valence-electron chi connectivity index (χ3n) is 2.57. The summed E-state index contributed by atoms with van der Waals surface area (Å²) in [4.78, 5) is 18.4. The van der Waals surface area contributed by atoms with E-state index in [1.807, 2.05) is 25.1 Å². The van der Waals surface area contributed by atoms with Crippen LogP contribution >= 0.6 is 0 Å². The van der Waals surface area contributed by atoms with Gasteiger partial charge in [-0.1, -0.05) is 11.6 Å². The maximum Gasteiger partial charge on any atom is 0.177 e. The average molecular weight is 230 g/mol. The summed E-state index contributed by atoms with van der Waals surface area (Å²) in [5.74, 6) is 1.35. The van der Waals surface area contributed by atoms with Gasteiger partial charge in [0.15, 0.2) is 5.78 Å². The molecule has 0 saturated heterocycles. The molecule has 88 valence electrons. The number of rotatable bonds is 3. The van der Waals surface area contributed by atoms with Crippen LogP contribution in [0.4, 0.5) is 0 Å². The van der Waals surface area contributed by atoms with Crippen LogP contribution in [0.1, 0.15) is 23.0 Å². The largest absolute Gasteiger partial charge is 0.496 e. The zero-order valence-electron chi connectivity index (χ0n) is 10.1. The highest BCUT2D eigenvalue weighted by Gasteiger charge is 2.11. The van der Waals surface area contributed by atoms with Gasteiger partial charge in [-0.25, -0.2) is 4.98 Å². The van der Waals surface area contributed by atoms with Gasteiger partial charge in [0.1, 0.15) is 17.3 Å². The zero-order valence-corrected chi connectivity index (χ0v) is 10.1. The van der Waals surface area contributed by atoms with Gasteiger partial charge in [0, 0.05) is 6.92 Å². The number of hydrogen-bond donors (Lipinski definition) is 1. The molecule has 0 radical (unpaired) electrons. The van der Waals surface area contributed by atoms with Gasteiger partial charge >= 0.3 is 0 Å². The number of aryl methyl sites for hydroxylation is 1. The lowest BCUT2D eigenvalue weighted by atomic mass is 10.1. The van der Waals surface area contributed by atoms with Gasteiger partial charge in [0.25, 0.3) is 0 Å². The normalized spacial score (nSPS) is 10.3. The molecule has 0 saturated carbocycles. The standard InChI is InChI=1S/C13H14N2O2/c1-8-4-5-12(17-3)10(6-8)13-14-7-11(15-13)9(2)16/h4-7H,1-3H3,(H,14,15). The number of carbonyl (C=O) groups is 1. The second kappa shape index (κ2) is 4.41. The Kier molecular flexibility index (Phi) is 2.95. The highest BCUT2D eigenvalue weighted by Crippen LogP contribution is 2.28. The fourth-order valence-electron chi connectivity index (χ4n) is 1.64. The number of aromatic amines is 1. The van der Waals surface area contributed by atoms with Crippen LogP contribution in [-0.2, 0) is 0 Å². The lowest BCUT2D eigenvalue weighted by molar-refractivity contribution is 0.101. The van der Waals surface area contributed by atoms with Crippen molar-refractivity contribution in [3.05, 3.63) is 35.7 Å². The number of carbonyl (C=O) groups excluding carboxylic acids is 1. The van der Waals surface area contributed by atoms with E-state index in [4.69, 9.17) is 4.74 Å². The molecule has 17 heavy (non-hydrogen) atoms.